The van der Waals surface area contributed by atoms with Gasteiger partial charge in [-0.3, -0.25) is 9.59 Å². The number of amides is 2. The summed E-state index contributed by atoms with van der Waals surface area (Å²) in [5.74, 6) is -0.193. The van der Waals surface area contributed by atoms with Gasteiger partial charge >= 0.3 is 0 Å². The molecule has 3 rings (SSSR count). The van der Waals surface area contributed by atoms with Crippen LogP contribution in [0, 0.1) is 0 Å². The third kappa shape index (κ3) is 3.18. The van der Waals surface area contributed by atoms with Crippen LogP contribution in [-0.4, -0.2) is 41.0 Å². The van der Waals surface area contributed by atoms with Crippen LogP contribution in [-0.2, 0) is 14.3 Å². The van der Waals surface area contributed by atoms with E-state index in [1.54, 1.807) is 4.90 Å². The first-order chi connectivity index (χ1) is 11.4. The van der Waals surface area contributed by atoms with Gasteiger partial charge in [0.2, 0.25) is 5.91 Å². The minimum absolute atomic E-state index is 0.00111. The van der Waals surface area contributed by atoms with Crippen molar-refractivity contribution in [1.29, 1.82) is 0 Å². The lowest BCUT2D eigenvalue weighted by Gasteiger charge is -2.45. The predicted molar refractivity (Wildman–Crippen MR) is 91.3 cm³/mol. The van der Waals surface area contributed by atoms with Crippen molar-refractivity contribution in [2.45, 2.75) is 63.8 Å². The average molecular weight is 330 g/mol. The summed E-state index contributed by atoms with van der Waals surface area (Å²) in [6.45, 7) is 5.97. The fraction of sp³-hybridized carbons (Fsp3) is 0.579. The highest BCUT2D eigenvalue weighted by atomic mass is 16.5. The zero-order valence-corrected chi connectivity index (χ0v) is 14.6. The Balaban J connectivity index is 1.90. The van der Waals surface area contributed by atoms with Crippen molar-refractivity contribution in [2.75, 3.05) is 6.61 Å². The maximum Gasteiger partial charge on any atom is 0.252 e. The molecule has 1 aromatic rings. The SMILES string of the molecule is CC(C)N1C(=O)CO[C@H](C(=O)NC2(C)CCC2)[C@H]1c1ccccc1. The number of nitrogens with zero attached hydrogens (tertiary/aromatic N) is 1. The largest absolute Gasteiger partial charge is 0.356 e. The molecule has 24 heavy (non-hydrogen) atoms. The summed E-state index contributed by atoms with van der Waals surface area (Å²) in [6.07, 6.45) is 2.45. The average Bonchev–Trinajstić information content (AvgIpc) is 2.53. The van der Waals surface area contributed by atoms with E-state index in [9.17, 15) is 9.59 Å². The molecule has 2 atom stereocenters. The van der Waals surface area contributed by atoms with Gasteiger partial charge in [-0.2, -0.15) is 0 Å². The second-order valence-electron chi connectivity index (χ2n) is 7.39. The number of nitrogens with one attached hydrogen (secondary N) is 1. The lowest BCUT2D eigenvalue weighted by atomic mass is 9.78. The van der Waals surface area contributed by atoms with Gasteiger partial charge in [-0.1, -0.05) is 30.3 Å². The monoisotopic (exact) mass is 330 g/mol. The summed E-state index contributed by atoms with van der Waals surface area (Å²) in [5, 5.41) is 3.13. The number of carbonyl (C=O) groups excluding carboxylic acids is 2. The number of morpholine rings is 1. The second-order valence-corrected chi connectivity index (χ2v) is 7.39. The lowest BCUT2D eigenvalue weighted by Crippen LogP contribution is -2.60. The van der Waals surface area contributed by atoms with Gasteiger partial charge in [0.25, 0.3) is 5.91 Å². The molecule has 0 bridgehead atoms. The topological polar surface area (TPSA) is 58.6 Å². The van der Waals surface area contributed by atoms with Crippen molar-refractivity contribution in [1.82, 2.24) is 10.2 Å². The Labute approximate surface area is 143 Å². The number of benzene rings is 1. The molecule has 0 spiro atoms. The molecule has 0 aromatic heterocycles. The van der Waals surface area contributed by atoms with E-state index in [-0.39, 0.29) is 30.0 Å². The molecule has 1 aliphatic carbocycles. The Morgan fingerprint density at radius 3 is 2.50 bits per heavy atom. The number of rotatable bonds is 4. The van der Waals surface area contributed by atoms with Crippen LogP contribution in [0.4, 0.5) is 0 Å². The van der Waals surface area contributed by atoms with E-state index in [2.05, 4.69) is 12.2 Å². The Kier molecular flexibility index (Phi) is 4.63. The summed E-state index contributed by atoms with van der Waals surface area (Å²) < 4.78 is 5.71. The van der Waals surface area contributed by atoms with Crippen LogP contribution in [0.2, 0.25) is 0 Å². The molecule has 2 fully saturated rings. The molecule has 1 heterocycles. The van der Waals surface area contributed by atoms with Crippen molar-refractivity contribution < 1.29 is 14.3 Å². The standard InChI is InChI=1S/C19H26N2O3/c1-13(2)21-15(22)12-24-17(16(21)14-8-5-4-6-9-14)18(23)20-19(3)10-7-11-19/h4-6,8-9,13,16-17H,7,10-12H2,1-3H3,(H,20,23)/t16-,17+/m1/s1. The van der Waals surface area contributed by atoms with Crippen LogP contribution < -0.4 is 5.32 Å². The first kappa shape index (κ1) is 17.0. The normalized spacial score (nSPS) is 26.2. The van der Waals surface area contributed by atoms with Crippen LogP contribution in [0.15, 0.2) is 30.3 Å². The van der Waals surface area contributed by atoms with E-state index in [0.717, 1.165) is 24.8 Å². The van der Waals surface area contributed by atoms with Crippen LogP contribution in [0.3, 0.4) is 0 Å². The smallest absolute Gasteiger partial charge is 0.252 e. The molecular formula is C19H26N2O3. The van der Waals surface area contributed by atoms with Crippen LogP contribution >= 0.6 is 0 Å². The van der Waals surface area contributed by atoms with Crippen molar-refractivity contribution in [3.8, 4) is 0 Å². The third-order valence-electron chi connectivity index (χ3n) is 5.10. The molecule has 2 amide bonds. The van der Waals surface area contributed by atoms with Gasteiger partial charge < -0.3 is 15.0 Å². The number of hydrogen-bond acceptors (Lipinski definition) is 3. The lowest BCUT2D eigenvalue weighted by molar-refractivity contribution is -0.168. The summed E-state index contributed by atoms with van der Waals surface area (Å²) in [7, 11) is 0. The third-order valence-corrected chi connectivity index (χ3v) is 5.10. The molecular weight excluding hydrogens is 304 g/mol. The molecule has 0 unspecified atom stereocenters. The molecule has 2 aliphatic rings. The van der Waals surface area contributed by atoms with Crippen molar-refractivity contribution in [3.05, 3.63) is 35.9 Å². The molecule has 5 heteroatoms. The van der Waals surface area contributed by atoms with E-state index in [4.69, 9.17) is 4.74 Å². The number of hydrogen-bond donors (Lipinski definition) is 1. The molecule has 130 valence electrons. The minimum Gasteiger partial charge on any atom is -0.356 e. The van der Waals surface area contributed by atoms with Gasteiger partial charge in [0.15, 0.2) is 6.10 Å². The molecule has 1 saturated heterocycles. The van der Waals surface area contributed by atoms with Gasteiger partial charge in [0.05, 0.1) is 6.04 Å². The summed E-state index contributed by atoms with van der Waals surface area (Å²) in [5.41, 5.74) is 0.796. The van der Waals surface area contributed by atoms with Gasteiger partial charge in [-0.15, -0.1) is 0 Å². The van der Waals surface area contributed by atoms with Gasteiger partial charge in [-0.25, -0.2) is 0 Å². The van der Waals surface area contributed by atoms with E-state index in [0.29, 0.717) is 0 Å². The van der Waals surface area contributed by atoms with Gasteiger partial charge in [0, 0.05) is 11.6 Å². The highest BCUT2D eigenvalue weighted by Gasteiger charge is 2.45. The van der Waals surface area contributed by atoms with Crippen molar-refractivity contribution >= 4 is 11.8 Å². The summed E-state index contributed by atoms with van der Waals surface area (Å²) >= 11 is 0. The van der Waals surface area contributed by atoms with E-state index in [1.165, 1.54) is 0 Å². The Morgan fingerprint density at radius 1 is 1.29 bits per heavy atom. The van der Waals surface area contributed by atoms with Gasteiger partial charge in [0.1, 0.15) is 6.61 Å². The molecule has 5 nitrogen and oxygen atoms in total. The maximum atomic E-state index is 12.9. The highest BCUT2D eigenvalue weighted by molar-refractivity contribution is 5.87. The van der Waals surface area contributed by atoms with Crippen LogP contribution in [0.5, 0.6) is 0 Å². The number of ether oxygens (including phenoxy) is 1. The predicted octanol–water partition coefficient (Wildman–Crippen LogP) is 2.42. The quantitative estimate of drug-likeness (QED) is 0.922. The molecule has 1 saturated carbocycles. The fourth-order valence-electron chi connectivity index (χ4n) is 3.64. The summed E-state index contributed by atoms with van der Waals surface area (Å²) in [6, 6.07) is 9.29. The Morgan fingerprint density at radius 2 is 1.96 bits per heavy atom. The molecule has 0 radical (unpaired) electrons. The van der Waals surface area contributed by atoms with Crippen LogP contribution in [0.1, 0.15) is 51.6 Å². The van der Waals surface area contributed by atoms with Crippen molar-refractivity contribution in [3.63, 3.8) is 0 Å². The maximum absolute atomic E-state index is 12.9. The molecule has 1 aromatic carbocycles. The second kappa shape index (κ2) is 6.55. The Bertz CT molecular complexity index is 610. The minimum atomic E-state index is -0.676. The highest BCUT2D eigenvalue weighted by Crippen LogP contribution is 2.35. The summed E-state index contributed by atoms with van der Waals surface area (Å²) in [4.78, 5) is 27.1. The fourth-order valence-corrected chi connectivity index (χ4v) is 3.64. The van der Waals surface area contributed by atoms with Crippen molar-refractivity contribution in [2.24, 2.45) is 0 Å². The molecule has 1 aliphatic heterocycles. The van der Waals surface area contributed by atoms with Gasteiger partial charge in [-0.05, 0) is 45.6 Å². The van der Waals surface area contributed by atoms with E-state index < -0.39 is 12.1 Å². The molecule has 1 N–H and O–H groups in total. The zero-order valence-electron chi connectivity index (χ0n) is 14.6. The van der Waals surface area contributed by atoms with E-state index in [1.807, 2.05) is 44.2 Å². The number of carbonyl (C=O) groups is 2. The van der Waals surface area contributed by atoms with E-state index >= 15 is 0 Å². The van der Waals surface area contributed by atoms with Crippen LogP contribution in [0.25, 0.3) is 0 Å². The first-order valence-electron chi connectivity index (χ1n) is 8.71. The zero-order chi connectivity index (χ0) is 17.3. The Hall–Kier alpha value is -1.88. The first-order valence-corrected chi connectivity index (χ1v) is 8.71.